The Kier molecular flexibility index (Phi) is 6.59. The van der Waals surface area contributed by atoms with E-state index in [0.717, 1.165) is 60.2 Å². The Morgan fingerprint density at radius 3 is 2.17 bits per heavy atom. The maximum absolute atomic E-state index is 10.3. The number of hydrogen-bond donors (Lipinski definition) is 3. The van der Waals surface area contributed by atoms with E-state index in [2.05, 4.69) is 30.9 Å². The quantitative estimate of drug-likeness (QED) is 0.571. The minimum absolute atomic E-state index is 0. The third-order valence-electron chi connectivity index (χ3n) is 4.77. The Morgan fingerprint density at radius 2 is 1.50 bits per heavy atom. The summed E-state index contributed by atoms with van der Waals surface area (Å²) in [5.41, 5.74) is 4.17. The Bertz CT molecular complexity index is 1110. The lowest BCUT2D eigenvalue weighted by atomic mass is 10.1. The minimum atomic E-state index is 0. The fourth-order valence-electron chi connectivity index (χ4n) is 3.38. The zero-order valence-electron chi connectivity index (χ0n) is 15.9. The molecule has 2 aromatic carbocycles. The Balaban J connectivity index is 0.00000128. The van der Waals surface area contributed by atoms with E-state index in [9.17, 15) is 5.11 Å². The van der Waals surface area contributed by atoms with E-state index < -0.39 is 0 Å². The predicted octanol–water partition coefficient (Wildman–Crippen LogP) is 2.18. The van der Waals surface area contributed by atoms with Crippen LogP contribution in [0.4, 0.5) is 0 Å². The number of phenols is 1. The second-order valence-electron chi connectivity index (χ2n) is 6.65. The third kappa shape index (κ3) is 4.10. The molecule has 0 fully saturated rings. The smallest absolute Gasteiger partial charge is 0.141 e. The van der Waals surface area contributed by atoms with Gasteiger partial charge in [-0.05, 0) is 24.3 Å². The van der Waals surface area contributed by atoms with Crippen LogP contribution >= 0.6 is 24.8 Å². The van der Waals surface area contributed by atoms with E-state index in [-0.39, 0.29) is 30.6 Å². The summed E-state index contributed by atoms with van der Waals surface area (Å²) in [6.07, 6.45) is 1.81. The SMILES string of the molecule is Cl.Cl.Oc1ccc(C2=NCCN2)cc1-n1cc(-c2cccc(C3=NCCN3)c2)nn1. The molecule has 3 N–H and O–H groups in total. The zero-order valence-corrected chi connectivity index (χ0v) is 17.6. The Labute approximate surface area is 186 Å². The predicted molar refractivity (Wildman–Crippen MR) is 122 cm³/mol. The lowest BCUT2D eigenvalue weighted by Gasteiger charge is -2.08. The fourth-order valence-corrected chi connectivity index (χ4v) is 3.38. The molecule has 3 aromatic rings. The second kappa shape index (κ2) is 9.15. The average molecular weight is 446 g/mol. The number of aromatic nitrogens is 3. The van der Waals surface area contributed by atoms with Crippen molar-refractivity contribution in [2.45, 2.75) is 0 Å². The van der Waals surface area contributed by atoms with Crippen molar-refractivity contribution in [3.8, 4) is 22.7 Å². The van der Waals surface area contributed by atoms with Gasteiger partial charge in [-0.1, -0.05) is 23.4 Å². The number of phenolic OH excluding ortho intramolecular Hbond substituents is 1. The molecule has 3 heterocycles. The number of nitrogens with one attached hydrogen (secondary N) is 2. The van der Waals surface area contributed by atoms with E-state index in [1.165, 1.54) is 0 Å². The first-order valence-electron chi connectivity index (χ1n) is 9.21. The molecule has 0 saturated heterocycles. The number of aromatic hydroxyl groups is 1. The summed E-state index contributed by atoms with van der Waals surface area (Å²) >= 11 is 0. The van der Waals surface area contributed by atoms with Crippen LogP contribution < -0.4 is 10.6 Å². The normalized spacial score (nSPS) is 14.7. The van der Waals surface area contributed by atoms with Crippen LogP contribution in [0.1, 0.15) is 11.1 Å². The number of amidine groups is 2. The number of aliphatic imine (C=N–C) groups is 2. The van der Waals surface area contributed by atoms with E-state index in [0.29, 0.717) is 5.69 Å². The van der Waals surface area contributed by atoms with Crippen LogP contribution in [0.2, 0.25) is 0 Å². The summed E-state index contributed by atoms with van der Waals surface area (Å²) < 4.78 is 1.59. The molecule has 10 heteroatoms. The van der Waals surface area contributed by atoms with Crippen molar-refractivity contribution in [3.63, 3.8) is 0 Å². The lowest BCUT2D eigenvalue weighted by Crippen LogP contribution is -2.19. The highest BCUT2D eigenvalue weighted by Gasteiger charge is 2.15. The van der Waals surface area contributed by atoms with Gasteiger partial charge >= 0.3 is 0 Å². The van der Waals surface area contributed by atoms with Crippen molar-refractivity contribution in [1.82, 2.24) is 25.6 Å². The van der Waals surface area contributed by atoms with Crippen molar-refractivity contribution < 1.29 is 5.11 Å². The highest BCUT2D eigenvalue weighted by molar-refractivity contribution is 6.01. The van der Waals surface area contributed by atoms with Gasteiger partial charge in [-0.25, -0.2) is 4.68 Å². The molecule has 0 amide bonds. The Morgan fingerprint density at radius 1 is 0.833 bits per heavy atom. The van der Waals surface area contributed by atoms with Gasteiger partial charge in [-0.15, -0.1) is 29.9 Å². The number of nitrogens with zero attached hydrogens (tertiary/aromatic N) is 5. The summed E-state index contributed by atoms with van der Waals surface area (Å²) in [5, 5.41) is 25.4. The molecule has 0 atom stereocenters. The molecule has 30 heavy (non-hydrogen) atoms. The second-order valence-corrected chi connectivity index (χ2v) is 6.65. The van der Waals surface area contributed by atoms with Crippen molar-refractivity contribution in [2.24, 2.45) is 9.98 Å². The van der Waals surface area contributed by atoms with Crippen LogP contribution in [-0.2, 0) is 0 Å². The lowest BCUT2D eigenvalue weighted by molar-refractivity contribution is 0.469. The topological polar surface area (TPSA) is 99.7 Å². The number of rotatable bonds is 4. The molecule has 1 aromatic heterocycles. The van der Waals surface area contributed by atoms with Crippen LogP contribution in [0.25, 0.3) is 16.9 Å². The summed E-state index contributed by atoms with van der Waals surface area (Å²) in [4.78, 5) is 8.90. The molecule has 5 rings (SSSR count). The standard InChI is InChI=1S/C20H19N7O.2ClH/c28-18-5-4-15(20-23-8-9-24-20)11-17(18)27-12-16(25-26-27)13-2-1-3-14(10-13)19-21-6-7-22-19;;/h1-5,10-12,28H,6-9H2,(H,21,22)(H,23,24);2*1H. The first kappa shape index (κ1) is 21.6. The highest BCUT2D eigenvalue weighted by Crippen LogP contribution is 2.25. The molecule has 2 aliphatic heterocycles. The number of halogens is 2. The summed E-state index contributed by atoms with van der Waals surface area (Å²) in [6.45, 7) is 3.25. The van der Waals surface area contributed by atoms with Crippen molar-refractivity contribution in [1.29, 1.82) is 0 Å². The fraction of sp³-hybridized carbons (Fsp3) is 0.200. The molecule has 0 saturated carbocycles. The monoisotopic (exact) mass is 445 g/mol. The van der Waals surface area contributed by atoms with Gasteiger partial charge < -0.3 is 15.7 Å². The van der Waals surface area contributed by atoms with Crippen LogP contribution in [-0.4, -0.2) is 58.0 Å². The van der Waals surface area contributed by atoms with Crippen LogP contribution in [0.15, 0.2) is 58.6 Å². The highest BCUT2D eigenvalue weighted by atomic mass is 35.5. The first-order chi connectivity index (χ1) is 13.8. The van der Waals surface area contributed by atoms with Crippen molar-refractivity contribution in [2.75, 3.05) is 26.2 Å². The summed E-state index contributed by atoms with van der Waals surface area (Å²) in [7, 11) is 0. The van der Waals surface area contributed by atoms with E-state index in [4.69, 9.17) is 0 Å². The van der Waals surface area contributed by atoms with Gasteiger partial charge in [0.15, 0.2) is 0 Å². The van der Waals surface area contributed by atoms with Crippen LogP contribution in [0.5, 0.6) is 5.75 Å². The largest absolute Gasteiger partial charge is 0.506 e. The molecule has 0 aliphatic carbocycles. The van der Waals surface area contributed by atoms with Crippen molar-refractivity contribution in [3.05, 3.63) is 59.8 Å². The van der Waals surface area contributed by atoms with Gasteiger partial charge in [0, 0.05) is 29.8 Å². The number of hydrogen-bond acceptors (Lipinski definition) is 7. The van der Waals surface area contributed by atoms with E-state index in [1.807, 2.05) is 42.6 Å². The molecule has 8 nitrogen and oxygen atoms in total. The molecule has 156 valence electrons. The summed E-state index contributed by atoms with van der Waals surface area (Å²) in [6, 6.07) is 13.4. The van der Waals surface area contributed by atoms with E-state index in [1.54, 1.807) is 10.7 Å². The molecule has 0 radical (unpaired) electrons. The maximum atomic E-state index is 10.3. The van der Waals surface area contributed by atoms with Crippen LogP contribution in [0.3, 0.4) is 0 Å². The van der Waals surface area contributed by atoms with Gasteiger partial charge in [0.05, 0.1) is 19.3 Å². The van der Waals surface area contributed by atoms with E-state index >= 15 is 0 Å². The van der Waals surface area contributed by atoms with Crippen molar-refractivity contribution >= 4 is 36.5 Å². The summed E-state index contributed by atoms with van der Waals surface area (Å²) in [5.74, 6) is 1.88. The number of benzene rings is 2. The molecular formula is C20H21Cl2N7O. The average Bonchev–Trinajstić information content (AvgIpc) is 3.51. The van der Waals surface area contributed by atoms with Gasteiger partial charge in [-0.2, -0.15) is 0 Å². The molecule has 0 spiro atoms. The Hall–Kier alpha value is -3.10. The maximum Gasteiger partial charge on any atom is 0.141 e. The molecule has 0 bridgehead atoms. The van der Waals surface area contributed by atoms with Gasteiger partial charge in [0.25, 0.3) is 0 Å². The zero-order chi connectivity index (χ0) is 18.9. The molecular weight excluding hydrogens is 425 g/mol. The third-order valence-corrected chi connectivity index (χ3v) is 4.77. The molecule has 0 unspecified atom stereocenters. The van der Waals surface area contributed by atoms with Gasteiger partial charge in [0.2, 0.25) is 0 Å². The van der Waals surface area contributed by atoms with Gasteiger partial charge in [-0.3, -0.25) is 9.98 Å². The first-order valence-corrected chi connectivity index (χ1v) is 9.21. The van der Waals surface area contributed by atoms with Crippen LogP contribution in [0, 0.1) is 0 Å². The van der Waals surface area contributed by atoms with Gasteiger partial charge in [0.1, 0.15) is 28.8 Å². The molecule has 2 aliphatic rings. The minimum Gasteiger partial charge on any atom is -0.506 e.